The molecule has 2 aromatic rings. The van der Waals surface area contributed by atoms with Gasteiger partial charge in [0.25, 0.3) is 0 Å². The summed E-state index contributed by atoms with van der Waals surface area (Å²) in [5.74, 6) is 1.16. The van der Waals surface area contributed by atoms with Crippen LogP contribution in [-0.4, -0.2) is 19.1 Å². The summed E-state index contributed by atoms with van der Waals surface area (Å²) in [6.07, 6.45) is 1.13. The van der Waals surface area contributed by atoms with E-state index in [9.17, 15) is 4.79 Å². The standard InChI is InChI=1S/C18H25NO3Si/c1-18(2,3)23(4,5)21-11-12-6-7-15-16(8-12)22-17(19-15)13-9-14(20)10-13/h6-8,13H,9-11H2,1-5H3. The van der Waals surface area contributed by atoms with Crippen LogP contribution in [0.15, 0.2) is 22.6 Å². The lowest BCUT2D eigenvalue weighted by molar-refractivity contribution is -0.125. The molecule has 23 heavy (non-hydrogen) atoms. The van der Waals surface area contributed by atoms with Crippen molar-refractivity contribution in [3.05, 3.63) is 29.7 Å². The van der Waals surface area contributed by atoms with Crippen LogP contribution in [0.2, 0.25) is 18.1 Å². The third kappa shape index (κ3) is 3.26. The number of aromatic nitrogens is 1. The predicted molar refractivity (Wildman–Crippen MR) is 93.0 cm³/mol. The minimum atomic E-state index is -1.76. The quantitative estimate of drug-likeness (QED) is 0.755. The minimum Gasteiger partial charge on any atom is -0.440 e. The smallest absolute Gasteiger partial charge is 0.199 e. The van der Waals surface area contributed by atoms with E-state index in [0.29, 0.717) is 31.1 Å². The van der Waals surface area contributed by atoms with Crippen LogP contribution in [0.5, 0.6) is 0 Å². The number of ketones is 1. The molecule has 4 nitrogen and oxygen atoms in total. The highest BCUT2D eigenvalue weighted by molar-refractivity contribution is 6.74. The molecule has 1 saturated carbocycles. The Kier molecular flexibility index (Phi) is 3.97. The Morgan fingerprint density at radius 1 is 1.30 bits per heavy atom. The van der Waals surface area contributed by atoms with E-state index < -0.39 is 8.32 Å². The van der Waals surface area contributed by atoms with Crippen molar-refractivity contribution in [2.24, 2.45) is 0 Å². The van der Waals surface area contributed by atoms with Crippen molar-refractivity contribution >= 4 is 25.2 Å². The second kappa shape index (κ2) is 5.56. The lowest BCUT2D eigenvalue weighted by Gasteiger charge is -2.36. The molecule has 0 unspecified atom stereocenters. The number of oxazole rings is 1. The van der Waals surface area contributed by atoms with Crippen molar-refractivity contribution < 1.29 is 13.6 Å². The van der Waals surface area contributed by atoms with E-state index >= 15 is 0 Å². The van der Waals surface area contributed by atoms with Crippen LogP contribution in [0, 0.1) is 0 Å². The van der Waals surface area contributed by atoms with Crippen molar-refractivity contribution in [3.8, 4) is 0 Å². The van der Waals surface area contributed by atoms with E-state index in [1.807, 2.05) is 18.2 Å². The second-order valence-electron chi connectivity index (χ2n) is 8.05. The third-order valence-electron chi connectivity index (χ3n) is 5.17. The summed E-state index contributed by atoms with van der Waals surface area (Å²) < 4.78 is 12.1. The molecule has 1 heterocycles. The Morgan fingerprint density at radius 3 is 2.61 bits per heavy atom. The number of benzene rings is 1. The maximum absolute atomic E-state index is 11.1. The molecule has 0 bridgehead atoms. The molecule has 1 fully saturated rings. The Labute approximate surface area is 138 Å². The fourth-order valence-corrected chi connectivity index (χ4v) is 3.36. The maximum atomic E-state index is 11.1. The summed E-state index contributed by atoms with van der Waals surface area (Å²) in [5, 5.41) is 0.202. The molecule has 1 aromatic carbocycles. The van der Waals surface area contributed by atoms with Gasteiger partial charge in [0.2, 0.25) is 0 Å². The monoisotopic (exact) mass is 331 g/mol. The lowest BCUT2D eigenvalue weighted by atomic mass is 9.84. The topological polar surface area (TPSA) is 52.3 Å². The highest BCUT2D eigenvalue weighted by Gasteiger charge is 2.37. The average Bonchev–Trinajstić information content (AvgIpc) is 2.83. The van der Waals surface area contributed by atoms with Gasteiger partial charge >= 0.3 is 0 Å². The molecule has 0 aliphatic heterocycles. The first-order valence-electron chi connectivity index (χ1n) is 8.21. The molecule has 0 N–H and O–H groups in total. The fraction of sp³-hybridized carbons (Fsp3) is 0.556. The van der Waals surface area contributed by atoms with E-state index in [1.54, 1.807) is 0 Å². The van der Waals surface area contributed by atoms with Crippen molar-refractivity contribution in [1.82, 2.24) is 4.98 Å². The van der Waals surface area contributed by atoms with Gasteiger partial charge < -0.3 is 8.84 Å². The number of fused-ring (bicyclic) bond motifs is 1. The molecular weight excluding hydrogens is 306 g/mol. The molecule has 0 spiro atoms. The number of nitrogens with zero attached hydrogens (tertiary/aromatic N) is 1. The summed E-state index contributed by atoms with van der Waals surface area (Å²) >= 11 is 0. The molecule has 1 aliphatic rings. The van der Waals surface area contributed by atoms with Crippen LogP contribution >= 0.6 is 0 Å². The van der Waals surface area contributed by atoms with Crippen LogP contribution in [0.25, 0.3) is 11.1 Å². The normalized spacial score (nSPS) is 16.8. The lowest BCUT2D eigenvalue weighted by Crippen LogP contribution is -2.40. The first-order chi connectivity index (χ1) is 10.7. The molecule has 5 heteroatoms. The van der Waals surface area contributed by atoms with Gasteiger partial charge in [0.05, 0.1) is 6.61 Å². The molecule has 1 aliphatic carbocycles. The number of hydrogen-bond donors (Lipinski definition) is 0. The number of carbonyl (C=O) groups excluding carboxylic acids is 1. The number of Topliss-reactive ketones (excluding diaryl/α,β-unsaturated/α-hetero) is 1. The molecule has 0 atom stereocenters. The van der Waals surface area contributed by atoms with Gasteiger partial charge in [0.1, 0.15) is 11.3 Å². The Hall–Kier alpha value is -1.46. The van der Waals surface area contributed by atoms with E-state index in [1.165, 1.54) is 0 Å². The van der Waals surface area contributed by atoms with E-state index in [4.69, 9.17) is 8.84 Å². The summed E-state index contributed by atoms with van der Waals surface area (Å²) in [6.45, 7) is 11.8. The fourth-order valence-electron chi connectivity index (χ4n) is 2.40. The van der Waals surface area contributed by atoms with Gasteiger partial charge in [-0.2, -0.15) is 0 Å². The molecule has 0 amide bonds. The SMILES string of the molecule is CC(C)(C)[Si](C)(C)OCc1ccc2nc(C3CC(=O)C3)oc2c1. The molecule has 1 aromatic heterocycles. The van der Waals surface area contributed by atoms with Crippen LogP contribution in [0.3, 0.4) is 0 Å². The zero-order chi connectivity index (χ0) is 16.8. The number of carbonyl (C=O) groups is 1. The van der Waals surface area contributed by atoms with Crippen molar-refractivity contribution in [2.75, 3.05) is 0 Å². The predicted octanol–water partition coefficient (Wildman–Crippen LogP) is 4.80. The Bertz CT molecular complexity index is 734. The number of hydrogen-bond acceptors (Lipinski definition) is 4. The first kappa shape index (κ1) is 16.4. The van der Waals surface area contributed by atoms with Crippen LogP contribution in [0.4, 0.5) is 0 Å². The third-order valence-corrected chi connectivity index (χ3v) is 9.65. The van der Waals surface area contributed by atoms with Gasteiger partial charge in [-0.1, -0.05) is 26.8 Å². The van der Waals surface area contributed by atoms with E-state index in [0.717, 1.165) is 16.7 Å². The van der Waals surface area contributed by atoms with Crippen molar-refractivity contribution in [1.29, 1.82) is 0 Å². The first-order valence-corrected chi connectivity index (χ1v) is 11.1. The molecular formula is C18H25NO3Si. The van der Waals surface area contributed by atoms with Crippen molar-refractivity contribution in [3.63, 3.8) is 0 Å². The highest BCUT2D eigenvalue weighted by Crippen LogP contribution is 2.37. The maximum Gasteiger partial charge on any atom is 0.199 e. The van der Waals surface area contributed by atoms with E-state index in [-0.39, 0.29) is 11.0 Å². The summed E-state index contributed by atoms with van der Waals surface area (Å²) in [5.41, 5.74) is 2.75. The van der Waals surface area contributed by atoms with E-state index in [2.05, 4.69) is 38.8 Å². The van der Waals surface area contributed by atoms with Gasteiger partial charge in [-0.05, 0) is 35.8 Å². The highest BCUT2D eigenvalue weighted by atomic mass is 28.4. The van der Waals surface area contributed by atoms with Crippen LogP contribution in [0.1, 0.15) is 51.0 Å². The second-order valence-corrected chi connectivity index (χ2v) is 12.9. The summed E-state index contributed by atoms with van der Waals surface area (Å²) in [7, 11) is -1.76. The van der Waals surface area contributed by atoms with Crippen LogP contribution < -0.4 is 0 Å². The molecule has 0 saturated heterocycles. The van der Waals surface area contributed by atoms with Crippen LogP contribution in [-0.2, 0) is 15.8 Å². The zero-order valence-corrected chi connectivity index (χ0v) is 15.6. The molecule has 3 rings (SSSR count). The van der Waals surface area contributed by atoms with Gasteiger partial charge in [-0.3, -0.25) is 4.79 Å². The van der Waals surface area contributed by atoms with Gasteiger partial charge in [-0.25, -0.2) is 4.98 Å². The minimum absolute atomic E-state index is 0.168. The molecule has 0 radical (unpaired) electrons. The Morgan fingerprint density at radius 2 is 2.00 bits per heavy atom. The molecule has 124 valence electrons. The average molecular weight is 331 g/mol. The van der Waals surface area contributed by atoms with Gasteiger partial charge in [0.15, 0.2) is 19.8 Å². The van der Waals surface area contributed by atoms with Gasteiger partial charge in [0, 0.05) is 18.8 Å². The zero-order valence-electron chi connectivity index (χ0n) is 14.6. The van der Waals surface area contributed by atoms with Crippen molar-refractivity contribution in [2.45, 2.75) is 64.3 Å². The largest absolute Gasteiger partial charge is 0.440 e. The van der Waals surface area contributed by atoms with Gasteiger partial charge in [-0.15, -0.1) is 0 Å². The summed E-state index contributed by atoms with van der Waals surface area (Å²) in [4.78, 5) is 15.6. The Balaban J connectivity index is 1.74. The number of rotatable bonds is 4. The summed E-state index contributed by atoms with van der Waals surface area (Å²) in [6, 6.07) is 6.04.